The first-order valence-electron chi connectivity index (χ1n) is 12.8. The van der Waals surface area contributed by atoms with Gasteiger partial charge in [-0.05, 0) is 61.7 Å². The van der Waals surface area contributed by atoms with Crippen molar-refractivity contribution in [1.82, 2.24) is 20.3 Å². The van der Waals surface area contributed by atoms with E-state index in [1.54, 1.807) is 33.8 Å². The Hall–Kier alpha value is -4.20. The Kier molecular flexibility index (Phi) is 7.16. The highest BCUT2D eigenvalue weighted by molar-refractivity contribution is 6.01. The van der Waals surface area contributed by atoms with Gasteiger partial charge in [0.05, 0.1) is 5.52 Å². The third-order valence-corrected chi connectivity index (χ3v) is 6.95. The van der Waals surface area contributed by atoms with Gasteiger partial charge in [-0.15, -0.1) is 5.10 Å². The minimum absolute atomic E-state index is 0.0788. The molecule has 0 radical (unpaired) electrons. The summed E-state index contributed by atoms with van der Waals surface area (Å²) in [6, 6.07) is 20.6. The minimum Gasteiger partial charge on any atom is -0.508 e. The van der Waals surface area contributed by atoms with Gasteiger partial charge in [-0.3, -0.25) is 14.5 Å². The van der Waals surface area contributed by atoms with Crippen molar-refractivity contribution in [2.75, 3.05) is 4.90 Å². The lowest BCUT2D eigenvalue weighted by Gasteiger charge is -2.33. The van der Waals surface area contributed by atoms with Gasteiger partial charge in [0.15, 0.2) is 0 Å². The first-order valence-corrected chi connectivity index (χ1v) is 12.8. The molecule has 5 rings (SSSR count). The Labute approximate surface area is 215 Å². The number of aryl methyl sites for hydroxylation is 1. The van der Waals surface area contributed by atoms with Crippen molar-refractivity contribution in [3.05, 3.63) is 83.9 Å². The van der Waals surface area contributed by atoms with Gasteiger partial charge >= 0.3 is 0 Å². The van der Waals surface area contributed by atoms with Gasteiger partial charge in [0.25, 0.3) is 0 Å². The van der Waals surface area contributed by atoms with Crippen molar-refractivity contribution in [1.29, 1.82) is 0 Å². The number of hydrogen-bond donors (Lipinski definition) is 2. The van der Waals surface area contributed by atoms with E-state index >= 15 is 0 Å². The Morgan fingerprint density at radius 2 is 1.70 bits per heavy atom. The molecule has 2 amide bonds. The molecule has 0 unspecified atom stereocenters. The zero-order valence-electron chi connectivity index (χ0n) is 20.9. The molecule has 0 spiro atoms. The highest BCUT2D eigenvalue weighted by Gasteiger charge is 2.34. The molecule has 4 aromatic rings. The number of carbonyl (C=O) groups is 2. The van der Waals surface area contributed by atoms with Gasteiger partial charge in [0, 0.05) is 11.7 Å². The zero-order valence-corrected chi connectivity index (χ0v) is 20.9. The molecule has 1 aliphatic rings. The van der Waals surface area contributed by atoms with Gasteiger partial charge in [0.2, 0.25) is 11.8 Å². The summed E-state index contributed by atoms with van der Waals surface area (Å²) in [5.41, 5.74) is 3.71. The number of benzene rings is 3. The molecule has 8 nitrogen and oxygen atoms in total. The second-order valence-electron chi connectivity index (χ2n) is 9.67. The molecule has 1 atom stereocenters. The fourth-order valence-corrected chi connectivity index (χ4v) is 4.98. The van der Waals surface area contributed by atoms with E-state index in [-0.39, 0.29) is 30.2 Å². The summed E-state index contributed by atoms with van der Waals surface area (Å²) in [5.74, 6) is -0.441. The maximum absolute atomic E-state index is 14.0. The van der Waals surface area contributed by atoms with Crippen molar-refractivity contribution >= 4 is 28.5 Å². The number of phenolic OH excluding ortho intramolecular Hbond substituents is 1. The Morgan fingerprint density at radius 3 is 2.43 bits per heavy atom. The Balaban J connectivity index is 1.55. The topological polar surface area (TPSA) is 100 Å². The molecule has 1 fully saturated rings. The number of phenols is 1. The highest BCUT2D eigenvalue weighted by Crippen LogP contribution is 2.31. The molecule has 1 aliphatic carbocycles. The predicted octanol–water partition coefficient (Wildman–Crippen LogP) is 4.67. The second-order valence-corrected chi connectivity index (χ2v) is 9.67. The van der Waals surface area contributed by atoms with Crippen LogP contribution in [-0.4, -0.2) is 38.0 Å². The van der Waals surface area contributed by atoms with Crippen LogP contribution in [0.3, 0.4) is 0 Å². The van der Waals surface area contributed by atoms with E-state index in [0.29, 0.717) is 16.8 Å². The third kappa shape index (κ3) is 5.48. The van der Waals surface area contributed by atoms with Crippen LogP contribution in [0.5, 0.6) is 5.75 Å². The van der Waals surface area contributed by atoms with E-state index in [0.717, 1.165) is 36.8 Å². The number of amides is 2. The molecule has 2 N–H and O–H groups in total. The van der Waals surface area contributed by atoms with Gasteiger partial charge < -0.3 is 10.4 Å². The average Bonchev–Trinajstić information content (AvgIpc) is 3.32. The number of carbonyl (C=O) groups excluding carboxylic acids is 2. The summed E-state index contributed by atoms with van der Waals surface area (Å²) in [7, 11) is 0. The minimum atomic E-state index is -0.924. The molecule has 0 aliphatic heterocycles. The number of para-hydroxylation sites is 1. The average molecular weight is 498 g/mol. The summed E-state index contributed by atoms with van der Waals surface area (Å²) in [6.45, 7) is 1.89. The third-order valence-electron chi connectivity index (χ3n) is 6.95. The quantitative estimate of drug-likeness (QED) is 0.387. The summed E-state index contributed by atoms with van der Waals surface area (Å²) in [5, 5.41) is 21.5. The normalized spacial score (nSPS) is 14.8. The van der Waals surface area contributed by atoms with Crippen molar-refractivity contribution in [3.63, 3.8) is 0 Å². The van der Waals surface area contributed by atoms with Crippen LogP contribution < -0.4 is 10.2 Å². The maximum atomic E-state index is 14.0. The van der Waals surface area contributed by atoms with Crippen molar-refractivity contribution in [2.45, 2.75) is 57.7 Å². The fraction of sp³-hybridized carbons (Fsp3) is 0.310. The van der Waals surface area contributed by atoms with Crippen LogP contribution in [-0.2, 0) is 16.1 Å². The molecular weight excluding hydrogens is 466 g/mol. The lowest BCUT2D eigenvalue weighted by atomic mass is 9.94. The van der Waals surface area contributed by atoms with E-state index in [1.165, 1.54) is 6.42 Å². The first kappa shape index (κ1) is 24.5. The lowest BCUT2D eigenvalue weighted by molar-refractivity contribution is -0.127. The second kappa shape index (κ2) is 10.8. The molecule has 1 heterocycles. The SMILES string of the molecule is Cc1ccc(N(C(=O)Cn2nnc3ccccc32)[C@H](C(=O)NC2CCCCC2)c2ccc(O)cc2)cc1. The largest absolute Gasteiger partial charge is 0.508 e. The van der Waals surface area contributed by atoms with Gasteiger partial charge in [-0.2, -0.15) is 0 Å². The van der Waals surface area contributed by atoms with Gasteiger partial charge in [-0.1, -0.05) is 66.4 Å². The molecule has 1 saturated carbocycles. The summed E-state index contributed by atoms with van der Waals surface area (Å²) < 4.78 is 1.56. The van der Waals surface area contributed by atoms with E-state index in [2.05, 4.69) is 15.6 Å². The van der Waals surface area contributed by atoms with Crippen molar-refractivity contribution in [2.24, 2.45) is 0 Å². The van der Waals surface area contributed by atoms with Crippen LogP contribution in [0.25, 0.3) is 11.0 Å². The van der Waals surface area contributed by atoms with Crippen LogP contribution >= 0.6 is 0 Å². The summed E-state index contributed by atoms with van der Waals surface area (Å²) in [4.78, 5) is 29.5. The van der Waals surface area contributed by atoms with Crippen LogP contribution in [0.1, 0.15) is 49.3 Å². The highest BCUT2D eigenvalue weighted by atomic mass is 16.3. The smallest absolute Gasteiger partial charge is 0.249 e. The number of hydrogen-bond acceptors (Lipinski definition) is 5. The van der Waals surface area contributed by atoms with E-state index < -0.39 is 6.04 Å². The lowest BCUT2D eigenvalue weighted by Crippen LogP contribution is -2.48. The number of nitrogens with zero attached hydrogens (tertiary/aromatic N) is 4. The molecule has 8 heteroatoms. The van der Waals surface area contributed by atoms with Gasteiger partial charge in [0.1, 0.15) is 23.9 Å². The van der Waals surface area contributed by atoms with Crippen LogP contribution in [0.4, 0.5) is 5.69 Å². The molecule has 37 heavy (non-hydrogen) atoms. The van der Waals surface area contributed by atoms with Crippen molar-refractivity contribution < 1.29 is 14.7 Å². The van der Waals surface area contributed by atoms with Crippen molar-refractivity contribution in [3.8, 4) is 5.75 Å². The molecule has 3 aromatic carbocycles. The van der Waals surface area contributed by atoms with Crippen LogP contribution in [0.15, 0.2) is 72.8 Å². The number of aromatic hydroxyl groups is 1. The fourth-order valence-electron chi connectivity index (χ4n) is 4.98. The molecular formula is C29H31N5O3. The first-order chi connectivity index (χ1) is 18.0. The maximum Gasteiger partial charge on any atom is 0.249 e. The number of nitrogens with one attached hydrogen (secondary N) is 1. The van der Waals surface area contributed by atoms with E-state index in [4.69, 9.17) is 0 Å². The monoisotopic (exact) mass is 497 g/mol. The van der Waals surface area contributed by atoms with E-state index in [1.807, 2.05) is 55.5 Å². The van der Waals surface area contributed by atoms with Gasteiger partial charge in [-0.25, -0.2) is 4.68 Å². The van der Waals surface area contributed by atoms with E-state index in [9.17, 15) is 14.7 Å². The Bertz CT molecular complexity index is 1370. The number of aromatic nitrogens is 3. The molecule has 0 saturated heterocycles. The predicted molar refractivity (Wildman–Crippen MR) is 142 cm³/mol. The number of anilines is 1. The molecule has 190 valence electrons. The standard InChI is InChI=1S/C29H31N5O3/c1-20-11-15-23(16-12-20)34(27(36)19-33-26-10-6-5-9-25(26)31-32-33)28(21-13-17-24(35)18-14-21)29(37)30-22-7-3-2-4-8-22/h5-6,9-18,22,28,35H,2-4,7-8,19H2,1H3,(H,30,37)/t28-/m0/s1. The summed E-state index contributed by atoms with van der Waals surface area (Å²) >= 11 is 0. The molecule has 1 aromatic heterocycles. The zero-order chi connectivity index (χ0) is 25.8. The Morgan fingerprint density at radius 1 is 1.00 bits per heavy atom. The number of rotatable bonds is 7. The number of fused-ring (bicyclic) bond motifs is 1. The molecule has 0 bridgehead atoms. The summed E-state index contributed by atoms with van der Waals surface area (Å²) in [6.07, 6.45) is 5.19. The van der Waals surface area contributed by atoms with Crippen LogP contribution in [0, 0.1) is 6.92 Å². The van der Waals surface area contributed by atoms with Crippen LogP contribution in [0.2, 0.25) is 0 Å².